The maximum Gasteiger partial charge on any atom is 0.258 e. The maximum absolute atomic E-state index is 11.8. The van der Waals surface area contributed by atoms with Crippen molar-refractivity contribution in [1.29, 1.82) is 0 Å². The highest BCUT2D eigenvalue weighted by Crippen LogP contribution is 2.18. The first kappa shape index (κ1) is 13.7. The van der Waals surface area contributed by atoms with Crippen LogP contribution in [0.25, 0.3) is 0 Å². The number of nitrogens with zero attached hydrogens (tertiary/aromatic N) is 2. The number of nitrogens with one attached hydrogen (secondary N) is 1. The van der Waals surface area contributed by atoms with Gasteiger partial charge in [-0.25, -0.2) is 5.84 Å². The molecule has 17 heavy (non-hydrogen) atoms. The third kappa shape index (κ3) is 3.06. The van der Waals surface area contributed by atoms with Crippen molar-refractivity contribution in [2.75, 3.05) is 0 Å². The first-order valence-corrected chi connectivity index (χ1v) is 6.25. The number of aryl methyl sites for hydroxylation is 2. The predicted molar refractivity (Wildman–Crippen MR) is 67.3 cm³/mol. The Morgan fingerprint density at radius 1 is 1.47 bits per heavy atom. The molecule has 1 aromatic heterocycles. The lowest BCUT2D eigenvalue weighted by Gasteiger charge is -2.17. The van der Waals surface area contributed by atoms with Crippen LogP contribution in [0.1, 0.15) is 51.0 Å². The molecule has 0 fully saturated rings. The Bertz CT molecular complexity index is 373. The molecule has 0 radical (unpaired) electrons. The highest BCUT2D eigenvalue weighted by molar-refractivity contribution is 5.79. The lowest BCUT2D eigenvalue weighted by molar-refractivity contribution is -0.125. The molecule has 0 saturated carbocycles. The van der Waals surface area contributed by atoms with E-state index in [2.05, 4.69) is 30.4 Å². The van der Waals surface area contributed by atoms with Gasteiger partial charge in [0.1, 0.15) is 6.04 Å². The fourth-order valence-electron chi connectivity index (χ4n) is 1.93. The van der Waals surface area contributed by atoms with Gasteiger partial charge in [0.05, 0.1) is 5.69 Å². The van der Waals surface area contributed by atoms with E-state index in [1.165, 1.54) is 0 Å². The molecule has 0 spiro atoms. The zero-order valence-electron chi connectivity index (χ0n) is 10.9. The summed E-state index contributed by atoms with van der Waals surface area (Å²) in [5.41, 5.74) is 4.34. The molecule has 1 heterocycles. The molecule has 0 aromatic carbocycles. The van der Waals surface area contributed by atoms with Gasteiger partial charge in [0.25, 0.3) is 5.91 Å². The molecule has 0 saturated heterocycles. The van der Waals surface area contributed by atoms with Crippen molar-refractivity contribution in [2.24, 2.45) is 5.84 Å². The Balaban J connectivity index is 3.07. The summed E-state index contributed by atoms with van der Waals surface area (Å²) in [4.78, 5) is 11.8. The molecule has 0 bridgehead atoms. The molecule has 96 valence electrons. The van der Waals surface area contributed by atoms with Crippen LogP contribution < -0.4 is 11.3 Å². The van der Waals surface area contributed by atoms with Gasteiger partial charge in [-0.3, -0.25) is 14.9 Å². The van der Waals surface area contributed by atoms with Crippen molar-refractivity contribution in [1.82, 2.24) is 15.2 Å². The van der Waals surface area contributed by atoms with Crippen molar-refractivity contribution in [3.63, 3.8) is 0 Å². The summed E-state index contributed by atoms with van der Waals surface area (Å²) in [6.07, 6.45) is 3.41. The third-order valence-electron chi connectivity index (χ3n) is 2.89. The largest absolute Gasteiger partial charge is 0.292 e. The number of hydrogen-bond acceptors (Lipinski definition) is 3. The highest BCUT2D eigenvalue weighted by Gasteiger charge is 2.22. The normalized spacial score (nSPS) is 12.5. The van der Waals surface area contributed by atoms with Crippen LogP contribution in [0.2, 0.25) is 0 Å². The second-order valence-electron chi connectivity index (χ2n) is 4.09. The fourth-order valence-corrected chi connectivity index (χ4v) is 1.93. The molecular formula is C12H22N4O. The maximum atomic E-state index is 11.8. The average Bonchev–Trinajstić information content (AvgIpc) is 2.78. The van der Waals surface area contributed by atoms with Crippen molar-refractivity contribution in [3.8, 4) is 0 Å². The number of nitrogens with two attached hydrogens (primary N) is 1. The van der Waals surface area contributed by atoms with Gasteiger partial charge in [0.15, 0.2) is 0 Å². The van der Waals surface area contributed by atoms with Crippen molar-refractivity contribution in [3.05, 3.63) is 17.5 Å². The van der Waals surface area contributed by atoms with E-state index >= 15 is 0 Å². The molecule has 1 aromatic rings. The van der Waals surface area contributed by atoms with Crippen LogP contribution in [0.5, 0.6) is 0 Å². The summed E-state index contributed by atoms with van der Waals surface area (Å²) in [5, 5.41) is 4.49. The summed E-state index contributed by atoms with van der Waals surface area (Å²) in [6.45, 7) is 6.17. The van der Waals surface area contributed by atoms with E-state index in [1.54, 1.807) is 0 Å². The molecular weight excluding hydrogens is 216 g/mol. The van der Waals surface area contributed by atoms with Gasteiger partial charge < -0.3 is 0 Å². The Morgan fingerprint density at radius 2 is 2.18 bits per heavy atom. The third-order valence-corrected chi connectivity index (χ3v) is 2.89. The van der Waals surface area contributed by atoms with Crippen LogP contribution in [0.3, 0.4) is 0 Å². The molecule has 0 aliphatic rings. The molecule has 5 heteroatoms. The SMILES string of the molecule is CCCC(C(=O)NN)n1nc(CC)cc1CC. The van der Waals surface area contributed by atoms with Gasteiger partial charge in [-0.2, -0.15) is 5.10 Å². The molecule has 1 amide bonds. The van der Waals surface area contributed by atoms with Crippen molar-refractivity contribution in [2.45, 2.75) is 52.5 Å². The number of hydrogen-bond donors (Lipinski definition) is 2. The topological polar surface area (TPSA) is 72.9 Å². The minimum atomic E-state index is -0.291. The van der Waals surface area contributed by atoms with Gasteiger partial charge >= 0.3 is 0 Å². The Morgan fingerprint density at radius 3 is 2.65 bits per heavy atom. The number of rotatable bonds is 6. The zero-order chi connectivity index (χ0) is 12.8. The van der Waals surface area contributed by atoms with Crippen LogP contribution >= 0.6 is 0 Å². The van der Waals surface area contributed by atoms with E-state index in [-0.39, 0.29) is 11.9 Å². The van der Waals surface area contributed by atoms with Crippen LogP contribution in [0, 0.1) is 0 Å². The van der Waals surface area contributed by atoms with E-state index in [0.29, 0.717) is 0 Å². The van der Waals surface area contributed by atoms with E-state index in [0.717, 1.165) is 37.1 Å². The van der Waals surface area contributed by atoms with E-state index in [1.807, 2.05) is 11.6 Å². The number of carbonyl (C=O) groups is 1. The lowest BCUT2D eigenvalue weighted by Crippen LogP contribution is -2.38. The number of amides is 1. The first-order chi connectivity index (χ1) is 8.17. The van der Waals surface area contributed by atoms with Gasteiger partial charge in [0.2, 0.25) is 0 Å². The van der Waals surface area contributed by atoms with Crippen molar-refractivity contribution < 1.29 is 4.79 Å². The standard InChI is InChI=1S/C12H22N4O/c1-4-7-11(12(17)14-13)16-10(6-3)8-9(5-2)15-16/h8,11H,4-7,13H2,1-3H3,(H,14,17). The molecule has 0 aliphatic carbocycles. The number of aromatic nitrogens is 2. The molecule has 5 nitrogen and oxygen atoms in total. The van der Waals surface area contributed by atoms with Gasteiger partial charge in [-0.1, -0.05) is 27.2 Å². The monoisotopic (exact) mass is 238 g/mol. The lowest BCUT2D eigenvalue weighted by atomic mass is 10.1. The number of carbonyl (C=O) groups excluding carboxylic acids is 1. The highest BCUT2D eigenvalue weighted by atomic mass is 16.2. The van der Waals surface area contributed by atoms with Crippen molar-refractivity contribution >= 4 is 5.91 Å². The Labute approximate surface area is 102 Å². The summed E-state index contributed by atoms with van der Waals surface area (Å²) < 4.78 is 1.82. The van der Waals surface area contributed by atoms with Crippen LogP contribution in [-0.2, 0) is 17.6 Å². The first-order valence-electron chi connectivity index (χ1n) is 6.25. The van der Waals surface area contributed by atoms with Gasteiger partial charge in [0, 0.05) is 5.69 Å². The molecule has 1 unspecified atom stereocenters. The van der Waals surface area contributed by atoms with Crippen LogP contribution in [-0.4, -0.2) is 15.7 Å². The van der Waals surface area contributed by atoms with E-state index < -0.39 is 0 Å². The molecule has 3 N–H and O–H groups in total. The van der Waals surface area contributed by atoms with Crippen LogP contribution in [0.15, 0.2) is 6.07 Å². The van der Waals surface area contributed by atoms with E-state index in [4.69, 9.17) is 5.84 Å². The van der Waals surface area contributed by atoms with Gasteiger partial charge in [-0.05, 0) is 25.3 Å². The summed E-state index contributed by atoms with van der Waals surface area (Å²) >= 11 is 0. The predicted octanol–water partition coefficient (Wildman–Crippen LogP) is 1.34. The second-order valence-corrected chi connectivity index (χ2v) is 4.09. The number of hydrazine groups is 1. The molecule has 0 aliphatic heterocycles. The smallest absolute Gasteiger partial charge is 0.258 e. The van der Waals surface area contributed by atoms with Gasteiger partial charge in [-0.15, -0.1) is 0 Å². The summed E-state index contributed by atoms with van der Waals surface area (Å²) in [7, 11) is 0. The molecule has 1 atom stereocenters. The Hall–Kier alpha value is -1.36. The Kier molecular flexibility index (Phi) is 5.15. The minimum absolute atomic E-state index is 0.174. The summed E-state index contributed by atoms with van der Waals surface area (Å²) in [6, 6.07) is 1.77. The quantitative estimate of drug-likeness (QED) is 0.446. The molecule has 1 rings (SSSR count). The van der Waals surface area contributed by atoms with Crippen LogP contribution in [0.4, 0.5) is 0 Å². The summed E-state index contributed by atoms with van der Waals surface area (Å²) in [5.74, 6) is 5.06. The minimum Gasteiger partial charge on any atom is -0.292 e. The average molecular weight is 238 g/mol. The van der Waals surface area contributed by atoms with E-state index in [9.17, 15) is 4.79 Å². The second kappa shape index (κ2) is 6.39. The fraction of sp³-hybridized carbons (Fsp3) is 0.667. The zero-order valence-corrected chi connectivity index (χ0v) is 10.9.